The second kappa shape index (κ2) is 15.5. The van der Waals surface area contributed by atoms with Crippen LogP contribution < -0.4 is 9.80 Å². The third kappa shape index (κ3) is 7.00. The molecule has 4 fully saturated rings. The lowest BCUT2D eigenvalue weighted by atomic mass is 10.0. The first-order valence-electron chi connectivity index (χ1n) is 20.6. The Hall–Kier alpha value is -5.04. The van der Waals surface area contributed by atoms with Crippen molar-refractivity contribution in [1.82, 2.24) is 39.9 Å². The van der Waals surface area contributed by atoms with Gasteiger partial charge in [-0.1, -0.05) is 0 Å². The molecule has 6 aromatic rings. The Bertz CT molecular complexity index is 2610. The van der Waals surface area contributed by atoms with Crippen LogP contribution in [-0.4, -0.2) is 120 Å². The molecule has 16 nitrogen and oxygen atoms in total. The zero-order valence-electron chi connectivity index (χ0n) is 34.3. The maximum atomic E-state index is 12.9. The average Bonchev–Trinajstić information content (AvgIpc) is 4.04. The monoisotopic (exact) mass is 854 g/mol. The van der Waals surface area contributed by atoms with Gasteiger partial charge in [0.05, 0.1) is 61.4 Å². The van der Waals surface area contributed by atoms with Gasteiger partial charge >= 0.3 is 0 Å². The van der Waals surface area contributed by atoms with E-state index in [0.29, 0.717) is 88.2 Å². The van der Waals surface area contributed by atoms with Crippen molar-refractivity contribution in [3.05, 3.63) is 72.6 Å². The summed E-state index contributed by atoms with van der Waals surface area (Å²) in [6.45, 7) is 11.6. The fraction of sp³-hybridized carbons (Fsp3) is 0.476. The molecule has 60 heavy (non-hydrogen) atoms. The van der Waals surface area contributed by atoms with Crippen molar-refractivity contribution >= 4 is 53.4 Å². The molecule has 4 aliphatic heterocycles. The number of nitrogens with zero attached hydrogens (tertiary/aromatic N) is 8. The smallest absolute Gasteiger partial charge is 0.162 e. The van der Waals surface area contributed by atoms with Gasteiger partial charge in [-0.15, -0.1) is 0 Å². The lowest BCUT2D eigenvalue weighted by Gasteiger charge is -2.35. The number of pyridine rings is 2. The molecule has 0 radical (unpaired) electrons. The number of hydrogen-bond donors (Lipinski definition) is 2. The van der Waals surface area contributed by atoms with Crippen molar-refractivity contribution < 1.29 is 26.3 Å². The van der Waals surface area contributed by atoms with Crippen LogP contribution >= 0.6 is 0 Å². The second-order valence-electron chi connectivity index (χ2n) is 16.6. The molecule has 0 bridgehead atoms. The van der Waals surface area contributed by atoms with Crippen LogP contribution in [0.15, 0.2) is 61.2 Å². The summed E-state index contributed by atoms with van der Waals surface area (Å²) in [5.74, 6) is 2.93. The van der Waals surface area contributed by atoms with Gasteiger partial charge in [0.25, 0.3) is 0 Å². The van der Waals surface area contributed by atoms with Gasteiger partial charge in [0.1, 0.15) is 32.4 Å². The normalized spacial score (nSPS) is 26.3. The highest BCUT2D eigenvalue weighted by molar-refractivity contribution is 7.92. The largest absolute Gasteiger partial charge is 0.377 e. The molecule has 10 heterocycles. The number of H-pyrrole nitrogens is 2. The minimum Gasteiger partial charge on any atom is -0.377 e. The van der Waals surface area contributed by atoms with Crippen LogP contribution in [0.25, 0.3) is 44.8 Å². The van der Waals surface area contributed by atoms with E-state index in [4.69, 9.17) is 29.4 Å². The zero-order valence-corrected chi connectivity index (χ0v) is 35.9. The van der Waals surface area contributed by atoms with Crippen molar-refractivity contribution in [1.29, 1.82) is 0 Å². The highest BCUT2D eigenvalue weighted by Gasteiger charge is 2.48. The summed E-state index contributed by atoms with van der Waals surface area (Å²) >= 11 is 0. The maximum absolute atomic E-state index is 12.9. The van der Waals surface area contributed by atoms with Gasteiger partial charge in [0, 0.05) is 71.9 Å². The van der Waals surface area contributed by atoms with Crippen molar-refractivity contribution in [3.8, 4) is 22.8 Å². The third-order valence-corrected chi connectivity index (χ3v) is 18.0. The molecule has 0 unspecified atom stereocenters. The van der Waals surface area contributed by atoms with Gasteiger partial charge in [-0.3, -0.25) is 0 Å². The number of aromatic nitrogens is 8. The topological polar surface area (TPSA) is 202 Å². The van der Waals surface area contributed by atoms with Crippen LogP contribution in [0.3, 0.4) is 0 Å². The van der Waals surface area contributed by atoms with Crippen LogP contribution in [0, 0.1) is 0 Å². The summed E-state index contributed by atoms with van der Waals surface area (Å²) in [6, 6.07) is 11.7. The molecule has 4 aliphatic rings. The predicted octanol–water partition coefficient (Wildman–Crippen LogP) is 5.34. The molecule has 18 heteroatoms. The van der Waals surface area contributed by atoms with Gasteiger partial charge < -0.3 is 29.2 Å². The van der Waals surface area contributed by atoms with Crippen LogP contribution in [-0.2, 0) is 38.6 Å². The van der Waals surface area contributed by atoms with Crippen molar-refractivity contribution in [2.45, 2.75) is 75.0 Å². The lowest BCUT2D eigenvalue weighted by molar-refractivity contribution is 0.0985. The second-order valence-corrected chi connectivity index (χ2v) is 21.7. The quantitative estimate of drug-likeness (QED) is 0.217. The molecule has 6 aromatic heterocycles. The fourth-order valence-electron chi connectivity index (χ4n) is 8.93. The molecule has 0 aromatic carbocycles. The van der Waals surface area contributed by atoms with Gasteiger partial charge in [-0.2, -0.15) is 0 Å². The van der Waals surface area contributed by atoms with Crippen LogP contribution in [0.2, 0.25) is 0 Å². The number of nitrogens with one attached hydrogen (secondary N) is 2. The fourth-order valence-corrected chi connectivity index (χ4v) is 12.6. The molecule has 4 atom stereocenters. The van der Waals surface area contributed by atoms with E-state index in [-0.39, 0.29) is 23.6 Å². The summed E-state index contributed by atoms with van der Waals surface area (Å²) in [5, 5.41) is 1.82. The number of morpholine rings is 2. The highest BCUT2D eigenvalue weighted by atomic mass is 32.2. The summed E-state index contributed by atoms with van der Waals surface area (Å²) < 4.78 is 61.0. The van der Waals surface area contributed by atoms with Crippen molar-refractivity contribution in [2.75, 3.05) is 60.8 Å². The Morgan fingerprint density at radius 3 is 1.47 bits per heavy atom. The van der Waals surface area contributed by atoms with E-state index < -0.39 is 29.2 Å². The van der Waals surface area contributed by atoms with E-state index in [0.717, 1.165) is 44.8 Å². The molecule has 316 valence electrons. The standard InChI is InChI=1S/2C21H25N5O3S/c2*1-14-13-29-10-9-26(14)18-12-17(21(2)6-3-11-30(21,27)28)24-20(25-18)16-5-8-23-19-15(16)4-7-22-19/h2*4-5,7-8,12,14H,3,6,9-11,13H2,1-2H3,(H,22,23)/t14-,21+;14-,21-/m11/s1. The van der Waals surface area contributed by atoms with Crippen LogP contribution in [0.5, 0.6) is 0 Å². The highest BCUT2D eigenvalue weighted by Crippen LogP contribution is 2.44. The number of anilines is 2. The minimum absolute atomic E-state index is 0.145. The third-order valence-electron chi connectivity index (χ3n) is 12.7. The number of rotatable bonds is 6. The molecule has 10 rings (SSSR count). The van der Waals surface area contributed by atoms with Gasteiger partial charge in [0.15, 0.2) is 31.3 Å². The molecular formula is C42H50N10O6S2. The summed E-state index contributed by atoms with van der Waals surface area (Å²) in [4.78, 5) is 38.7. The Labute approximate surface area is 349 Å². The molecule has 4 saturated heterocycles. The Morgan fingerprint density at radius 2 is 1.08 bits per heavy atom. The molecule has 0 saturated carbocycles. The first-order valence-corrected chi connectivity index (χ1v) is 23.9. The lowest BCUT2D eigenvalue weighted by Crippen LogP contribution is -2.44. The number of sulfone groups is 2. The van der Waals surface area contributed by atoms with Gasteiger partial charge in [-0.05, 0) is 77.6 Å². The van der Waals surface area contributed by atoms with E-state index in [1.165, 1.54) is 0 Å². The number of aromatic amines is 2. The van der Waals surface area contributed by atoms with E-state index >= 15 is 0 Å². The SMILES string of the molecule is C[C@@H]1COCCN1c1cc([C@@]2(C)CCCS2(=O)=O)nc(-c2ccnc3[nH]ccc23)n1.C[C@@H]1COCCN1c1cc([C@]2(C)CCCS2(=O)=O)nc(-c2ccnc3[nH]ccc23)n1. The van der Waals surface area contributed by atoms with E-state index in [2.05, 4.69) is 43.6 Å². The molecule has 0 amide bonds. The van der Waals surface area contributed by atoms with E-state index in [9.17, 15) is 16.8 Å². The zero-order chi connectivity index (χ0) is 41.9. The maximum Gasteiger partial charge on any atom is 0.162 e. The van der Waals surface area contributed by atoms with E-state index in [1.54, 1.807) is 26.2 Å². The Balaban J connectivity index is 0.000000154. The molecular weight excluding hydrogens is 805 g/mol. The van der Waals surface area contributed by atoms with Gasteiger partial charge in [-0.25, -0.2) is 46.7 Å². The Kier molecular flexibility index (Phi) is 10.4. The summed E-state index contributed by atoms with van der Waals surface area (Å²) in [5.41, 5.74) is 4.32. The number of hydrogen-bond acceptors (Lipinski definition) is 14. The van der Waals surface area contributed by atoms with Crippen molar-refractivity contribution in [3.63, 3.8) is 0 Å². The first-order chi connectivity index (χ1) is 28.8. The summed E-state index contributed by atoms with van der Waals surface area (Å²) in [7, 11) is -6.57. The average molecular weight is 855 g/mol. The molecule has 0 aliphatic carbocycles. The summed E-state index contributed by atoms with van der Waals surface area (Å²) in [6.07, 6.45) is 9.54. The Morgan fingerprint density at radius 1 is 0.650 bits per heavy atom. The molecule has 0 spiro atoms. The number of fused-ring (bicyclic) bond motifs is 2. The van der Waals surface area contributed by atoms with Crippen LogP contribution in [0.1, 0.15) is 64.8 Å². The first kappa shape index (κ1) is 40.4. The van der Waals surface area contributed by atoms with Crippen molar-refractivity contribution in [2.24, 2.45) is 0 Å². The predicted molar refractivity (Wildman–Crippen MR) is 230 cm³/mol. The van der Waals surface area contributed by atoms with Crippen LogP contribution in [0.4, 0.5) is 11.6 Å². The van der Waals surface area contributed by atoms with E-state index in [1.807, 2.05) is 48.8 Å². The van der Waals surface area contributed by atoms with Gasteiger partial charge in [0.2, 0.25) is 0 Å². The molecule has 2 N–H and O–H groups in total. The number of ether oxygens (including phenoxy) is 2. The minimum atomic E-state index is -3.28.